The van der Waals surface area contributed by atoms with Crippen LogP contribution in [0.5, 0.6) is 0 Å². The monoisotopic (exact) mass is 252 g/mol. The van der Waals surface area contributed by atoms with Crippen molar-refractivity contribution in [3.63, 3.8) is 0 Å². The first-order chi connectivity index (χ1) is 8.29. The highest BCUT2D eigenvalue weighted by atomic mass is 35.5. The van der Waals surface area contributed by atoms with Crippen molar-refractivity contribution in [2.45, 2.75) is 45.2 Å². The molecular formula is C14H21ClN2. The van der Waals surface area contributed by atoms with Gasteiger partial charge in [-0.05, 0) is 44.9 Å². The Balaban J connectivity index is 2.00. The summed E-state index contributed by atoms with van der Waals surface area (Å²) in [6.45, 7) is 4.22. The molecule has 1 aliphatic heterocycles. The summed E-state index contributed by atoms with van der Waals surface area (Å²) in [4.78, 5) is 7.14. The van der Waals surface area contributed by atoms with Crippen LogP contribution in [0.1, 0.15) is 37.1 Å². The molecule has 2 nitrogen and oxygen atoms in total. The standard InChI is InChI=1S/C14H21ClN2/c1-12-5-4-6-13(16-12)11-17-10-3-2-7-14(17)8-9-15/h4-6,14H,2-3,7-11H2,1H3. The molecule has 0 spiro atoms. The largest absolute Gasteiger partial charge is 0.295 e. The highest BCUT2D eigenvalue weighted by Crippen LogP contribution is 2.21. The van der Waals surface area contributed by atoms with Crippen molar-refractivity contribution in [2.75, 3.05) is 12.4 Å². The van der Waals surface area contributed by atoms with Crippen molar-refractivity contribution in [3.8, 4) is 0 Å². The molecule has 0 aromatic carbocycles. The fraction of sp³-hybridized carbons (Fsp3) is 0.643. The number of hydrogen-bond acceptors (Lipinski definition) is 2. The van der Waals surface area contributed by atoms with Crippen LogP contribution in [0.4, 0.5) is 0 Å². The molecule has 2 heterocycles. The second-order valence-corrected chi connectivity index (χ2v) is 5.25. The number of aryl methyl sites for hydroxylation is 1. The lowest BCUT2D eigenvalue weighted by Gasteiger charge is -2.35. The van der Waals surface area contributed by atoms with Gasteiger partial charge in [0.25, 0.3) is 0 Å². The normalized spacial score (nSPS) is 21.6. The summed E-state index contributed by atoms with van der Waals surface area (Å²) >= 11 is 5.89. The summed E-state index contributed by atoms with van der Waals surface area (Å²) < 4.78 is 0. The summed E-state index contributed by atoms with van der Waals surface area (Å²) in [5.74, 6) is 0.766. The van der Waals surface area contributed by atoms with Gasteiger partial charge >= 0.3 is 0 Å². The number of aromatic nitrogens is 1. The molecule has 0 aliphatic carbocycles. The third-order valence-electron chi connectivity index (χ3n) is 3.50. The van der Waals surface area contributed by atoms with E-state index >= 15 is 0 Å². The fourth-order valence-corrected chi connectivity index (χ4v) is 2.87. The van der Waals surface area contributed by atoms with Crippen molar-refractivity contribution in [3.05, 3.63) is 29.6 Å². The number of piperidine rings is 1. The van der Waals surface area contributed by atoms with E-state index in [2.05, 4.69) is 35.0 Å². The molecular weight excluding hydrogens is 232 g/mol. The molecule has 0 radical (unpaired) electrons. The first-order valence-electron chi connectivity index (χ1n) is 6.52. The lowest BCUT2D eigenvalue weighted by atomic mass is 10.00. The molecule has 1 unspecified atom stereocenters. The average Bonchev–Trinajstić information content (AvgIpc) is 2.32. The minimum Gasteiger partial charge on any atom is -0.295 e. The van der Waals surface area contributed by atoms with E-state index in [1.807, 2.05) is 0 Å². The lowest BCUT2D eigenvalue weighted by molar-refractivity contribution is 0.135. The maximum absolute atomic E-state index is 5.89. The van der Waals surface area contributed by atoms with E-state index in [4.69, 9.17) is 11.6 Å². The van der Waals surface area contributed by atoms with Gasteiger partial charge in [-0.15, -0.1) is 11.6 Å². The number of rotatable bonds is 4. The highest BCUT2D eigenvalue weighted by Gasteiger charge is 2.21. The van der Waals surface area contributed by atoms with E-state index in [9.17, 15) is 0 Å². The van der Waals surface area contributed by atoms with Gasteiger partial charge in [-0.3, -0.25) is 9.88 Å². The van der Waals surface area contributed by atoms with Crippen LogP contribution in [0, 0.1) is 6.92 Å². The van der Waals surface area contributed by atoms with Crippen LogP contribution in [-0.4, -0.2) is 28.4 Å². The molecule has 0 N–H and O–H groups in total. The lowest BCUT2D eigenvalue weighted by Crippen LogP contribution is -2.39. The van der Waals surface area contributed by atoms with Gasteiger partial charge in [-0.2, -0.15) is 0 Å². The second kappa shape index (κ2) is 6.36. The molecule has 1 atom stereocenters. The number of nitrogens with zero attached hydrogens (tertiary/aromatic N) is 2. The summed E-state index contributed by atoms with van der Waals surface area (Å²) in [5, 5.41) is 0. The van der Waals surface area contributed by atoms with Gasteiger partial charge in [0.15, 0.2) is 0 Å². The fourth-order valence-electron chi connectivity index (χ4n) is 2.62. The van der Waals surface area contributed by atoms with Crippen LogP contribution >= 0.6 is 11.6 Å². The number of likely N-dealkylation sites (tertiary alicyclic amines) is 1. The smallest absolute Gasteiger partial charge is 0.0547 e. The Bertz CT molecular complexity index is 352. The van der Waals surface area contributed by atoms with Crippen molar-refractivity contribution in [1.29, 1.82) is 0 Å². The number of hydrogen-bond donors (Lipinski definition) is 0. The molecule has 17 heavy (non-hydrogen) atoms. The molecule has 2 rings (SSSR count). The summed E-state index contributed by atoms with van der Waals surface area (Å²) in [7, 11) is 0. The minimum absolute atomic E-state index is 0.656. The predicted molar refractivity (Wildman–Crippen MR) is 72.4 cm³/mol. The maximum Gasteiger partial charge on any atom is 0.0547 e. The minimum atomic E-state index is 0.656. The Kier molecular flexibility index (Phi) is 4.81. The van der Waals surface area contributed by atoms with Crippen LogP contribution < -0.4 is 0 Å². The second-order valence-electron chi connectivity index (χ2n) is 4.87. The van der Waals surface area contributed by atoms with Gasteiger partial charge in [0, 0.05) is 24.2 Å². The summed E-state index contributed by atoms with van der Waals surface area (Å²) in [6.07, 6.45) is 5.05. The zero-order valence-electron chi connectivity index (χ0n) is 10.5. The van der Waals surface area contributed by atoms with Gasteiger partial charge in [-0.25, -0.2) is 0 Å². The molecule has 0 amide bonds. The van der Waals surface area contributed by atoms with Crippen LogP contribution in [0.3, 0.4) is 0 Å². The van der Waals surface area contributed by atoms with Gasteiger partial charge in [0.2, 0.25) is 0 Å². The summed E-state index contributed by atoms with van der Waals surface area (Å²) in [5.41, 5.74) is 2.29. The molecule has 0 bridgehead atoms. The first kappa shape index (κ1) is 12.8. The predicted octanol–water partition coefficient (Wildman–Crippen LogP) is 3.37. The van der Waals surface area contributed by atoms with Crippen LogP contribution in [-0.2, 0) is 6.54 Å². The van der Waals surface area contributed by atoms with E-state index in [0.717, 1.165) is 24.5 Å². The topological polar surface area (TPSA) is 16.1 Å². The molecule has 1 aliphatic rings. The Morgan fingerprint density at radius 2 is 2.29 bits per heavy atom. The van der Waals surface area contributed by atoms with Crippen LogP contribution in [0.15, 0.2) is 18.2 Å². The number of pyridine rings is 1. The number of alkyl halides is 1. The Labute approximate surface area is 109 Å². The quantitative estimate of drug-likeness (QED) is 0.764. The molecule has 1 aromatic heterocycles. The zero-order chi connectivity index (χ0) is 12.1. The molecule has 1 saturated heterocycles. The van der Waals surface area contributed by atoms with Crippen molar-refractivity contribution >= 4 is 11.6 Å². The molecule has 3 heteroatoms. The number of halogens is 1. The highest BCUT2D eigenvalue weighted by molar-refractivity contribution is 6.17. The van der Waals surface area contributed by atoms with Crippen molar-refractivity contribution < 1.29 is 0 Å². The average molecular weight is 253 g/mol. The summed E-state index contributed by atoms with van der Waals surface area (Å²) in [6, 6.07) is 6.93. The van der Waals surface area contributed by atoms with Gasteiger partial charge in [-0.1, -0.05) is 12.5 Å². The molecule has 94 valence electrons. The van der Waals surface area contributed by atoms with Crippen LogP contribution in [0.2, 0.25) is 0 Å². The SMILES string of the molecule is Cc1cccc(CN2CCCCC2CCCl)n1. The van der Waals surface area contributed by atoms with Gasteiger partial charge < -0.3 is 0 Å². The molecule has 1 fully saturated rings. The van der Waals surface area contributed by atoms with E-state index in [-0.39, 0.29) is 0 Å². The molecule has 0 saturated carbocycles. The van der Waals surface area contributed by atoms with Gasteiger partial charge in [0.1, 0.15) is 0 Å². The Hall–Kier alpha value is -0.600. The van der Waals surface area contributed by atoms with E-state index in [1.54, 1.807) is 0 Å². The maximum atomic E-state index is 5.89. The van der Waals surface area contributed by atoms with Crippen LogP contribution in [0.25, 0.3) is 0 Å². The van der Waals surface area contributed by atoms with E-state index in [0.29, 0.717) is 6.04 Å². The van der Waals surface area contributed by atoms with Crippen molar-refractivity contribution in [1.82, 2.24) is 9.88 Å². The third-order valence-corrected chi connectivity index (χ3v) is 3.72. The zero-order valence-corrected chi connectivity index (χ0v) is 11.3. The third kappa shape index (κ3) is 3.68. The van der Waals surface area contributed by atoms with Gasteiger partial charge in [0.05, 0.1) is 5.69 Å². The molecule has 1 aromatic rings. The Morgan fingerprint density at radius 3 is 3.06 bits per heavy atom. The van der Waals surface area contributed by atoms with E-state index < -0.39 is 0 Å². The Morgan fingerprint density at radius 1 is 1.41 bits per heavy atom. The first-order valence-corrected chi connectivity index (χ1v) is 7.05. The van der Waals surface area contributed by atoms with Crippen molar-refractivity contribution in [2.24, 2.45) is 0 Å². The van der Waals surface area contributed by atoms with E-state index in [1.165, 1.54) is 31.5 Å².